The molecule has 0 saturated carbocycles. The minimum absolute atomic E-state index is 0.0338. The number of aromatic nitrogens is 3. The van der Waals surface area contributed by atoms with Crippen LogP contribution in [-0.4, -0.2) is 50.9 Å². The zero-order valence-corrected chi connectivity index (χ0v) is 16.7. The Balaban J connectivity index is 1.43. The summed E-state index contributed by atoms with van der Waals surface area (Å²) in [7, 11) is 0. The van der Waals surface area contributed by atoms with Crippen molar-refractivity contribution in [2.45, 2.75) is 12.0 Å². The van der Waals surface area contributed by atoms with E-state index in [0.717, 1.165) is 18.8 Å². The molecule has 1 N–H and O–H groups in total. The number of hydrogen-bond acceptors (Lipinski definition) is 6. The number of hydrogen-bond donors (Lipinski definition) is 1. The van der Waals surface area contributed by atoms with E-state index in [4.69, 9.17) is 11.4 Å². The summed E-state index contributed by atoms with van der Waals surface area (Å²) in [6.07, 6.45) is 9.10. The molecule has 0 unspecified atom stereocenters. The van der Waals surface area contributed by atoms with Crippen molar-refractivity contribution < 1.29 is 9.18 Å². The number of halogens is 1. The van der Waals surface area contributed by atoms with Crippen LogP contribution < -0.4 is 10.2 Å². The monoisotopic (exact) mass is 414 g/mol. The van der Waals surface area contributed by atoms with Crippen LogP contribution in [0.5, 0.6) is 0 Å². The predicted octanol–water partition coefficient (Wildman–Crippen LogP) is 2.87. The lowest BCUT2D eigenvalue weighted by Gasteiger charge is -2.62. The third kappa shape index (κ3) is 2.97. The highest BCUT2D eigenvalue weighted by molar-refractivity contribution is 5.90. The van der Waals surface area contributed by atoms with Crippen molar-refractivity contribution in [3.05, 3.63) is 60.7 Å². The molecule has 1 aromatic carbocycles. The summed E-state index contributed by atoms with van der Waals surface area (Å²) in [4.78, 5) is 29.3. The van der Waals surface area contributed by atoms with Gasteiger partial charge in [-0.15, -0.1) is 6.42 Å². The number of anilines is 3. The Hall–Kier alpha value is -3.99. The standard InChI is InChI=1S/C23H19FN6O/c1-3-15-6-5-7-16(20(15)24)27-22-21-17(25-14-26-22)8-9-18(28-21)29-12-23(13-29)10-11-30(23)19(31)4-2/h1,4-9,14H,2,10-13H2,(H,25,26,27). The van der Waals surface area contributed by atoms with E-state index in [2.05, 4.69) is 32.7 Å². The molecule has 4 heterocycles. The van der Waals surface area contributed by atoms with Crippen LogP contribution in [0.25, 0.3) is 11.0 Å². The Morgan fingerprint density at radius 3 is 2.84 bits per heavy atom. The fourth-order valence-corrected chi connectivity index (χ4v) is 4.21. The van der Waals surface area contributed by atoms with Gasteiger partial charge in [0.1, 0.15) is 17.7 Å². The Morgan fingerprint density at radius 1 is 1.29 bits per heavy atom. The summed E-state index contributed by atoms with van der Waals surface area (Å²) in [6.45, 7) is 5.76. The van der Waals surface area contributed by atoms with E-state index >= 15 is 0 Å². The highest BCUT2D eigenvalue weighted by Gasteiger charge is 2.55. The van der Waals surface area contributed by atoms with E-state index in [9.17, 15) is 9.18 Å². The summed E-state index contributed by atoms with van der Waals surface area (Å²) < 4.78 is 14.6. The average molecular weight is 414 g/mol. The molecule has 2 aliphatic heterocycles. The molecule has 2 aliphatic rings. The lowest BCUT2D eigenvalue weighted by molar-refractivity contribution is -0.144. The van der Waals surface area contributed by atoms with Crippen LogP contribution in [0.1, 0.15) is 12.0 Å². The molecule has 0 bridgehead atoms. The smallest absolute Gasteiger partial charge is 0.246 e. The van der Waals surface area contributed by atoms with Crippen LogP contribution in [0, 0.1) is 18.2 Å². The summed E-state index contributed by atoms with van der Waals surface area (Å²) in [6, 6.07) is 8.56. The average Bonchev–Trinajstić information content (AvgIpc) is 2.73. The maximum atomic E-state index is 14.6. The second-order valence-electron chi connectivity index (χ2n) is 7.72. The molecule has 0 atom stereocenters. The predicted molar refractivity (Wildman–Crippen MR) is 116 cm³/mol. The van der Waals surface area contributed by atoms with Gasteiger partial charge in [0.25, 0.3) is 0 Å². The van der Waals surface area contributed by atoms with Gasteiger partial charge in [0.15, 0.2) is 11.6 Å². The van der Waals surface area contributed by atoms with Gasteiger partial charge in [-0.3, -0.25) is 4.79 Å². The number of terminal acetylenes is 1. The normalized spacial score (nSPS) is 16.4. The van der Waals surface area contributed by atoms with Crippen molar-refractivity contribution >= 4 is 34.3 Å². The van der Waals surface area contributed by atoms with E-state index in [1.165, 1.54) is 18.5 Å². The van der Waals surface area contributed by atoms with Crippen molar-refractivity contribution in [1.82, 2.24) is 19.9 Å². The number of pyridine rings is 1. The lowest BCUT2D eigenvalue weighted by Crippen LogP contribution is -2.78. The van der Waals surface area contributed by atoms with Crippen molar-refractivity contribution in [2.75, 3.05) is 29.9 Å². The third-order valence-electron chi connectivity index (χ3n) is 5.98. The number of amides is 1. The Bertz CT molecular complexity index is 1260. The zero-order valence-electron chi connectivity index (χ0n) is 16.7. The molecule has 1 amide bonds. The van der Waals surface area contributed by atoms with Gasteiger partial charge in [0, 0.05) is 19.6 Å². The highest BCUT2D eigenvalue weighted by atomic mass is 19.1. The molecule has 1 spiro atoms. The molecular formula is C23H19FN6O. The number of benzene rings is 1. The molecule has 5 rings (SSSR count). The number of nitrogens with zero attached hydrogens (tertiary/aromatic N) is 5. The third-order valence-corrected chi connectivity index (χ3v) is 5.98. The first kappa shape index (κ1) is 19.0. The minimum Gasteiger partial charge on any atom is -0.352 e. The highest BCUT2D eigenvalue weighted by Crippen LogP contribution is 2.41. The van der Waals surface area contributed by atoms with E-state index in [-0.39, 0.29) is 22.7 Å². The summed E-state index contributed by atoms with van der Waals surface area (Å²) in [5, 5.41) is 2.99. The molecule has 2 fully saturated rings. The van der Waals surface area contributed by atoms with Crippen LogP contribution in [-0.2, 0) is 4.79 Å². The Kier molecular flexibility index (Phi) is 4.33. The minimum atomic E-state index is -0.519. The van der Waals surface area contributed by atoms with Gasteiger partial charge in [-0.25, -0.2) is 19.3 Å². The van der Waals surface area contributed by atoms with Crippen LogP contribution >= 0.6 is 0 Å². The summed E-state index contributed by atoms with van der Waals surface area (Å²) in [5.41, 5.74) is 1.42. The summed E-state index contributed by atoms with van der Waals surface area (Å²) >= 11 is 0. The summed E-state index contributed by atoms with van der Waals surface area (Å²) in [5.74, 6) is 2.92. The Labute approximate surface area is 178 Å². The topological polar surface area (TPSA) is 74.2 Å². The molecule has 31 heavy (non-hydrogen) atoms. The fourth-order valence-electron chi connectivity index (χ4n) is 4.21. The zero-order chi connectivity index (χ0) is 21.6. The van der Waals surface area contributed by atoms with Crippen LogP contribution in [0.2, 0.25) is 0 Å². The SMILES string of the molecule is C#Cc1cccc(Nc2ncnc3ccc(N4CC5(CCN5C(=O)C=C)C4)nc23)c1F. The molecule has 7 nitrogen and oxygen atoms in total. The maximum absolute atomic E-state index is 14.6. The molecule has 0 aliphatic carbocycles. The van der Waals surface area contributed by atoms with Crippen LogP contribution in [0.15, 0.2) is 49.3 Å². The molecule has 154 valence electrons. The molecule has 8 heteroatoms. The lowest BCUT2D eigenvalue weighted by atomic mass is 9.77. The molecule has 0 radical (unpaired) electrons. The van der Waals surface area contributed by atoms with Crippen molar-refractivity contribution in [2.24, 2.45) is 0 Å². The second-order valence-corrected chi connectivity index (χ2v) is 7.72. The number of likely N-dealkylation sites (tertiary alicyclic amines) is 1. The number of fused-ring (bicyclic) bond motifs is 1. The van der Waals surface area contributed by atoms with Gasteiger partial charge in [0.05, 0.1) is 22.3 Å². The second kappa shape index (κ2) is 7.06. The van der Waals surface area contributed by atoms with Gasteiger partial charge in [0.2, 0.25) is 5.91 Å². The number of rotatable bonds is 4. The van der Waals surface area contributed by atoms with Crippen molar-refractivity contribution in [3.8, 4) is 12.3 Å². The van der Waals surface area contributed by atoms with E-state index in [0.29, 0.717) is 29.9 Å². The van der Waals surface area contributed by atoms with E-state index in [1.54, 1.807) is 12.1 Å². The van der Waals surface area contributed by atoms with Crippen molar-refractivity contribution in [3.63, 3.8) is 0 Å². The Morgan fingerprint density at radius 2 is 2.13 bits per heavy atom. The van der Waals surface area contributed by atoms with Gasteiger partial charge < -0.3 is 15.1 Å². The molecule has 2 aromatic heterocycles. The first-order valence-electron chi connectivity index (χ1n) is 9.87. The van der Waals surface area contributed by atoms with Gasteiger partial charge in [-0.1, -0.05) is 18.6 Å². The quantitative estimate of drug-likeness (QED) is 0.523. The van der Waals surface area contributed by atoms with Crippen molar-refractivity contribution in [1.29, 1.82) is 0 Å². The number of carbonyl (C=O) groups is 1. The van der Waals surface area contributed by atoms with Gasteiger partial charge in [-0.05, 0) is 36.8 Å². The maximum Gasteiger partial charge on any atom is 0.246 e. The van der Waals surface area contributed by atoms with E-state index in [1.807, 2.05) is 17.0 Å². The first-order valence-corrected chi connectivity index (χ1v) is 9.87. The number of nitrogens with one attached hydrogen (secondary N) is 1. The van der Waals surface area contributed by atoms with Crippen LogP contribution in [0.4, 0.5) is 21.7 Å². The fraction of sp³-hybridized carbons (Fsp3) is 0.217. The molecular weight excluding hydrogens is 395 g/mol. The van der Waals surface area contributed by atoms with Gasteiger partial charge in [-0.2, -0.15) is 0 Å². The molecule has 3 aromatic rings. The largest absolute Gasteiger partial charge is 0.352 e. The van der Waals surface area contributed by atoms with E-state index < -0.39 is 5.82 Å². The number of carbonyl (C=O) groups excluding carboxylic acids is 1. The van der Waals surface area contributed by atoms with Gasteiger partial charge >= 0.3 is 0 Å². The van der Waals surface area contributed by atoms with Crippen LogP contribution in [0.3, 0.4) is 0 Å². The first-order chi connectivity index (χ1) is 15.0. The molecule has 2 saturated heterocycles.